The van der Waals surface area contributed by atoms with Gasteiger partial charge in [-0.3, -0.25) is 0 Å². The van der Waals surface area contributed by atoms with Gasteiger partial charge >= 0.3 is 5.97 Å². The van der Waals surface area contributed by atoms with E-state index in [9.17, 15) is 10.1 Å². The van der Waals surface area contributed by atoms with E-state index in [1.165, 1.54) is 13.5 Å². The highest BCUT2D eigenvalue weighted by atomic mass is 16.5. The third kappa shape index (κ3) is 4.01. The van der Waals surface area contributed by atoms with Gasteiger partial charge in [-0.25, -0.2) is 9.78 Å². The number of carbonyl (C=O) groups is 1. The van der Waals surface area contributed by atoms with Gasteiger partial charge in [-0.15, -0.1) is 0 Å². The van der Waals surface area contributed by atoms with Gasteiger partial charge in [0.15, 0.2) is 0 Å². The molecular weight excluding hydrogens is 424 g/mol. The Morgan fingerprint density at radius 3 is 2.50 bits per heavy atom. The maximum absolute atomic E-state index is 12.6. The molecule has 6 heteroatoms. The van der Waals surface area contributed by atoms with Crippen molar-refractivity contribution in [2.24, 2.45) is 0 Å². The standard InChI is InChI=1S/C28H26N4O2/c1-34-27(33)24-10-7-11-25-26(24)32(28(30-25)31-16-5-2-6-17-31)19-20-12-14-21(15-13-20)23-9-4-3-8-22(23)18-29/h3-4,7-15H,2,5-6,16-17,19H2,1H3. The summed E-state index contributed by atoms with van der Waals surface area (Å²) in [5, 5.41) is 9.45. The van der Waals surface area contributed by atoms with Crippen LogP contribution in [-0.2, 0) is 11.3 Å². The van der Waals surface area contributed by atoms with E-state index >= 15 is 0 Å². The number of hydrogen-bond donors (Lipinski definition) is 0. The lowest BCUT2D eigenvalue weighted by atomic mass is 9.99. The molecule has 0 unspecified atom stereocenters. The minimum Gasteiger partial charge on any atom is -0.465 e. The molecule has 5 rings (SSSR count). The van der Waals surface area contributed by atoms with Crippen LogP contribution in [0.4, 0.5) is 5.95 Å². The summed E-state index contributed by atoms with van der Waals surface area (Å²) in [6.07, 6.45) is 3.51. The quantitative estimate of drug-likeness (QED) is 0.381. The molecule has 0 aliphatic carbocycles. The molecule has 1 aromatic heterocycles. The Morgan fingerprint density at radius 2 is 1.76 bits per heavy atom. The average Bonchev–Trinajstić information content (AvgIpc) is 3.27. The highest BCUT2D eigenvalue weighted by Gasteiger charge is 2.23. The Bertz CT molecular complexity index is 1380. The van der Waals surface area contributed by atoms with Gasteiger partial charge in [0.05, 0.1) is 41.9 Å². The first-order chi connectivity index (χ1) is 16.7. The Morgan fingerprint density at radius 1 is 1.00 bits per heavy atom. The van der Waals surface area contributed by atoms with Crippen LogP contribution in [-0.4, -0.2) is 35.7 Å². The summed E-state index contributed by atoms with van der Waals surface area (Å²) in [6, 6.07) is 23.8. The Balaban J connectivity index is 1.57. The molecule has 0 radical (unpaired) electrons. The fourth-order valence-corrected chi connectivity index (χ4v) is 4.74. The van der Waals surface area contributed by atoms with Crippen LogP contribution in [0.25, 0.3) is 22.2 Å². The number of para-hydroxylation sites is 1. The number of imidazole rings is 1. The normalized spacial score (nSPS) is 13.6. The molecule has 6 nitrogen and oxygen atoms in total. The van der Waals surface area contributed by atoms with Crippen molar-refractivity contribution in [1.29, 1.82) is 5.26 Å². The van der Waals surface area contributed by atoms with E-state index in [0.29, 0.717) is 17.7 Å². The molecule has 34 heavy (non-hydrogen) atoms. The van der Waals surface area contributed by atoms with E-state index in [1.807, 2.05) is 48.5 Å². The van der Waals surface area contributed by atoms with Gasteiger partial charge in [0, 0.05) is 13.1 Å². The number of rotatable bonds is 5. The molecule has 0 bridgehead atoms. The minimum absolute atomic E-state index is 0.361. The van der Waals surface area contributed by atoms with Crippen molar-refractivity contribution < 1.29 is 9.53 Å². The van der Waals surface area contributed by atoms with Crippen LogP contribution < -0.4 is 4.90 Å². The second kappa shape index (κ2) is 9.40. The maximum atomic E-state index is 12.6. The number of aromatic nitrogens is 2. The van der Waals surface area contributed by atoms with Crippen LogP contribution in [0.2, 0.25) is 0 Å². The lowest BCUT2D eigenvalue weighted by molar-refractivity contribution is 0.0602. The maximum Gasteiger partial charge on any atom is 0.340 e. The fraction of sp³-hybridized carbons (Fsp3) is 0.250. The van der Waals surface area contributed by atoms with Crippen LogP contribution in [0.5, 0.6) is 0 Å². The summed E-state index contributed by atoms with van der Waals surface area (Å²) in [4.78, 5) is 19.8. The molecule has 170 valence electrons. The molecule has 1 saturated heterocycles. The summed E-state index contributed by atoms with van der Waals surface area (Å²) < 4.78 is 7.21. The zero-order chi connectivity index (χ0) is 23.5. The molecule has 0 spiro atoms. The second-order valence-corrected chi connectivity index (χ2v) is 8.56. The number of nitriles is 1. The van der Waals surface area contributed by atoms with Gasteiger partial charge in [0.25, 0.3) is 0 Å². The SMILES string of the molecule is COC(=O)c1cccc2nc(N3CCCCC3)n(Cc3ccc(-c4ccccc4C#N)cc3)c12. The number of ether oxygens (including phenoxy) is 1. The zero-order valence-electron chi connectivity index (χ0n) is 19.2. The molecule has 0 amide bonds. The third-order valence-electron chi connectivity index (χ3n) is 6.44. The van der Waals surface area contributed by atoms with Crippen molar-refractivity contribution in [3.63, 3.8) is 0 Å². The number of esters is 1. The number of methoxy groups -OCH3 is 1. The number of anilines is 1. The summed E-state index contributed by atoms with van der Waals surface area (Å²) in [7, 11) is 1.41. The highest BCUT2D eigenvalue weighted by molar-refractivity contribution is 6.03. The van der Waals surface area contributed by atoms with E-state index in [1.54, 1.807) is 6.07 Å². The molecule has 1 aliphatic rings. The van der Waals surface area contributed by atoms with Crippen molar-refractivity contribution >= 4 is 23.0 Å². The van der Waals surface area contributed by atoms with E-state index < -0.39 is 0 Å². The van der Waals surface area contributed by atoms with Crippen molar-refractivity contribution in [3.8, 4) is 17.2 Å². The van der Waals surface area contributed by atoms with Gasteiger partial charge in [0.2, 0.25) is 5.95 Å². The molecule has 2 heterocycles. The summed E-state index contributed by atoms with van der Waals surface area (Å²) in [5.74, 6) is 0.533. The summed E-state index contributed by atoms with van der Waals surface area (Å²) in [6.45, 7) is 2.50. The van der Waals surface area contributed by atoms with Gasteiger partial charge in [-0.05, 0) is 54.2 Å². The molecule has 0 atom stereocenters. The van der Waals surface area contributed by atoms with Gasteiger partial charge in [0.1, 0.15) is 0 Å². The Labute approximate surface area is 199 Å². The highest BCUT2D eigenvalue weighted by Crippen LogP contribution is 2.30. The number of nitrogens with zero attached hydrogens (tertiary/aromatic N) is 4. The van der Waals surface area contributed by atoms with Gasteiger partial charge in [-0.2, -0.15) is 5.26 Å². The predicted octanol–water partition coefficient (Wildman–Crippen LogP) is 5.40. The topological polar surface area (TPSA) is 71.2 Å². The van der Waals surface area contributed by atoms with Crippen molar-refractivity contribution in [2.45, 2.75) is 25.8 Å². The van der Waals surface area contributed by atoms with Gasteiger partial charge < -0.3 is 14.2 Å². The van der Waals surface area contributed by atoms with E-state index in [4.69, 9.17) is 9.72 Å². The van der Waals surface area contributed by atoms with Crippen LogP contribution in [0.15, 0.2) is 66.7 Å². The van der Waals surface area contributed by atoms with Gasteiger partial charge in [-0.1, -0.05) is 48.5 Å². The Hall–Kier alpha value is -4.11. The Kier molecular flexibility index (Phi) is 6.01. The number of hydrogen-bond acceptors (Lipinski definition) is 5. The molecule has 4 aromatic rings. The van der Waals surface area contributed by atoms with E-state index in [0.717, 1.165) is 59.6 Å². The van der Waals surface area contributed by atoms with Crippen LogP contribution in [0.1, 0.15) is 40.7 Å². The van der Waals surface area contributed by atoms with Crippen LogP contribution in [0.3, 0.4) is 0 Å². The first-order valence-corrected chi connectivity index (χ1v) is 11.6. The number of carbonyl (C=O) groups excluding carboxylic acids is 1. The first-order valence-electron chi connectivity index (χ1n) is 11.6. The van der Waals surface area contributed by atoms with Crippen LogP contribution >= 0.6 is 0 Å². The van der Waals surface area contributed by atoms with E-state index in [-0.39, 0.29) is 5.97 Å². The summed E-state index contributed by atoms with van der Waals surface area (Å²) in [5.41, 5.74) is 5.79. The molecule has 0 saturated carbocycles. The second-order valence-electron chi connectivity index (χ2n) is 8.56. The molecule has 1 aliphatic heterocycles. The minimum atomic E-state index is -0.361. The monoisotopic (exact) mass is 450 g/mol. The average molecular weight is 451 g/mol. The van der Waals surface area contributed by atoms with Crippen LogP contribution in [0, 0.1) is 11.3 Å². The predicted molar refractivity (Wildman–Crippen MR) is 133 cm³/mol. The lowest BCUT2D eigenvalue weighted by Gasteiger charge is -2.28. The van der Waals surface area contributed by atoms with Crippen molar-refractivity contribution in [2.75, 3.05) is 25.1 Å². The molecule has 3 aromatic carbocycles. The lowest BCUT2D eigenvalue weighted by Crippen LogP contribution is -2.32. The summed E-state index contributed by atoms with van der Waals surface area (Å²) >= 11 is 0. The smallest absolute Gasteiger partial charge is 0.340 e. The molecule has 1 fully saturated rings. The first kappa shape index (κ1) is 21.7. The number of fused-ring (bicyclic) bond motifs is 1. The molecule has 0 N–H and O–H groups in total. The number of piperidine rings is 1. The third-order valence-corrected chi connectivity index (χ3v) is 6.44. The van der Waals surface area contributed by atoms with Crippen molar-refractivity contribution in [3.05, 3.63) is 83.4 Å². The largest absolute Gasteiger partial charge is 0.465 e. The molecular formula is C28H26N4O2. The number of benzene rings is 3. The fourth-order valence-electron chi connectivity index (χ4n) is 4.74. The van der Waals surface area contributed by atoms with Crippen molar-refractivity contribution in [1.82, 2.24) is 9.55 Å². The van der Waals surface area contributed by atoms with E-state index in [2.05, 4.69) is 27.7 Å². The zero-order valence-corrected chi connectivity index (χ0v) is 19.2.